The Hall–Kier alpha value is -1.36. The molecule has 1 heterocycles. The van der Waals surface area contributed by atoms with Gasteiger partial charge in [-0.1, -0.05) is 32.1 Å². The van der Waals surface area contributed by atoms with Crippen LogP contribution < -0.4 is 10.6 Å². The van der Waals surface area contributed by atoms with Crippen molar-refractivity contribution in [1.29, 1.82) is 0 Å². The number of thiocarbonyl (C=S) groups is 1. The lowest BCUT2D eigenvalue weighted by Crippen LogP contribution is -2.44. The SMILES string of the molecule is O=C(NC(=S)NC1CCCCCCC1)c1ccco1. The highest BCUT2D eigenvalue weighted by molar-refractivity contribution is 7.80. The molecule has 1 aromatic rings. The molecule has 104 valence electrons. The van der Waals surface area contributed by atoms with Gasteiger partial charge in [-0.05, 0) is 37.2 Å². The van der Waals surface area contributed by atoms with E-state index in [-0.39, 0.29) is 11.7 Å². The number of carbonyl (C=O) groups excluding carboxylic acids is 1. The Morgan fingerprint density at radius 2 is 1.89 bits per heavy atom. The molecule has 1 saturated carbocycles. The second kappa shape index (κ2) is 7.28. The predicted octanol–water partition coefficient (Wildman–Crippen LogP) is 3.00. The van der Waals surface area contributed by atoms with Crippen molar-refractivity contribution in [3.8, 4) is 0 Å². The summed E-state index contributed by atoms with van der Waals surface area (Å²) in [4.78, 5) is 11.7. The monoisotopic (exact) mass is 280 g/mol. The van der Waals surface area contributed by atoms with E-state index in [2.05, 4.69) is 10.6 Å². The summed E-state index contributed by atoms with van der Waals surface area (Å²) in [5, 5.41) is 6.29. The Morgan fingerprint density at radius 1 is 1.21 bits per heavy atom. The van der Waals surface area contributed by atoms with Crippen LogP contribution in [0.5, 0.6) is 0 Å². The molecule has 0 unspecified atom stereocenters. The number of nitrogens with one attached hydrogen (secondary N) is 2. The van der Waals surface area contributed by atoms with Crippen LogP contribution in [0.15, 0.2) is 22.8 Å². The Bertz CT molecular complexity index is 409. The predicted molar refractivity (Wildman–Crippen MR) is 78.0 cm³/mol. The van der Waals surface area contributed by atoms with Crippen LogP contribution >= 0.6 is 12.2 Å². The molecule has 0 aromatic carbocycles. The molecule has 19 heavy (non-hydrogen) atoms. The molecule has 1 amide bonds. The summed E-state index contributed by atoms with van der Waals surface area (Å²) in [5.74, 6) is -0.0184. The highest BCUT2D eigenvalue weighted by Crippen LogP contribution is 2.16. The molecule has 1 fully saturated rings. The average molecular weight is 280 g/mol. The third-order valence-corrected chi connectivity index (χ3v) is 3.63. The molecule has 0 atom stereocenters. The Balaban J connectivity index is 1.78. The van der Waals surface area contributed by atoms with Crippen LogP contribution in [0.25, 0.3) is 0 Å². The minimum atomic E-state index is -0.298. The van der Waals surface area contributed by atoms with Crippen molar-refractivity contribution in [1.82, 2.24) is 10.6 Å². The highest BCUT2D eigenvalue weighted by atomic mass is 32.1. The molecule has 0 saturated heterocycles. The van der Waals surface area contributed by atoms with E-state index in [1.54, 1.807) is 12.1 Å². The Kier molecular flexibility index (Phi) is 5.39. The first-order valence-electron chi connectivity index (χ1n) is 6.91. The van der Waals surface area contributed by atoms with Crippen molar-refractivity contribution in [3.63, 3.8) is 0 Å². The van der Waals surface area contributed by atoms with Crippen LogP contribution in [0, 0.1) is 0 Å². The van der Waals surface area contributed by atoms with Crippen molar-refractivity contribution in [3.05, 3.63) is 24.2 Å². The summed E-state index contributed by atoms with van der Waals surface area (Å²) >= 11 is 5.18. The summed E-state index contributed by atoms with van der Waals surface area (Å²) in [6.45, 7) is 0. The molecule has 0 aliphatic heterocycles. The molecule has 1 aliphatic rings. The van der Waals surface area contributed by atoms with E-state index in [1.807, 2.05) is 0 Å². The summed E-state index contributed by atoms with van der Waals surface area (Å²) in [5.41, 5.74) is 0. The zero-order valence-electron chi connectivity index (χ0n) is 11.0. The van der Waals surface area contributed by atoms with Crippen LogP contribution in [0.1, 0.15) is 55.5 Å². The fraction of sp³-hybridized carbons (Fsp3) is 0.571. The molecule has 2 N–H and O–H groups in total. The van der Waals surface area contributed by atoms with Crippen molar-refractivity contribution in [2.24, 2.45) is 0 Å². The smallest absolute Gasteiger partial charge is 0.293 e. The summed E-state index contributed by atoms with van der Waals surface area (Å²) in [7, 11) is 0. The minimum Gasteiger partial charge on any atom is -0.459 e. The van der Waals surface area contributed by atoms with Gasteiger partial charge in [-0.3, -0.25) is 10.1 Å². The zero-order valence-corrected chi connectivity index (χ0v) is 11.8. The maximum atomic E-state index is 11.7. The topological polar surface area (TPSA) is 54.3 Å². The first-order valence-corrected chi connectivity index (χ1v) is 7.32. The summed E-state index contributed by atoms with van der Waals surface area (Å²) in [6.07, 6.45) is 10.1. The first-order chi connectivity index (χ1) is 9.25. The van der Waals surface area contributed by atoms with Crippen LogP contribution in [0.4, 0.5) is 0 Å². The number of carbonyl (C=O) groups is 1. The summed E-state index contributed by atoms with van der Waals surface area (Å²) in [6, 6.07) is 3.68. The van der Waals surface area contributed by atoms with Crippen molar-refractivity contribution < 1.29 is 9.21 Å². The van der Waals surface area contributed by atoms with Crippen LogP contribution in [-0.2, 0) is 0 Å². The Labute approximate surface area is 118 Å². The Morgan fingerprint density at radius 3 is 2.53 bits per heavy atom. The van der Waals surface area contributed by atoms with E-state index in [0.29, 0.717) is 11.2 Å². The molecule has 0 radical (unpaired) electrons. The first kappa shape index (κ1) is 14.1. The van der Waals surface area contributed by atoms with Crippen LogP contribution in [0.2, 0.25) is 0 Å². The highest BCUT2D eigenvalue weighted by Gasteiger charge is 2.15. The van der Waals surface area contributed by atoms with Gasteiger partial charge in [0.25, 0.3) is 5.91 Å². The maximum absolute atomic E-state index is 11.7. The average Bonchev–Trinajstić information content (AvgIpc) is 2.86. The number of hydrogen-bond acceptors (Lipinski definition) is 3. The minimum absolute atomic E-state index is 0.279. The number of rotatable bonds is 2. The maximum Gasteiger partial charge on any atom is 0.293 e. The molecule has 4 nitrogen and oxygen atoms in total. The molecule has 5 heteroatoms. The van der Waals surface area contributed by atoms with Crippen molar-refractivity contribution in [2.75, 3.05) is 0 Å². The van der Waals surface area contributed by atoms with Gasteiger partial charge in [-0.2, -0.15) is 0 Å². The lowest BCUT2D eigenvalue weighted by molar-refractivity contribution is 0.0949. The quantitative estimate of drug-likeness (QED) is 0.818. The third kappa shape index (κ3) is 4.67. The molecule has 0 bridgehead atoms. The molecule has 0 spiro atoms. The van der Waals surface area contributed by atoms with Gasteiger partial charge in [0.15, 0.2) is 10.9 Å². The summed E-state index contributed by atoms with van der Waals surface area (Å²) < 4.78 is 5.02. The molecular weight excluding hydrogens is 260 g/mol. The van der Waals surface area contributed by atoms with Crippen LogP contribution in [0.3, 0.4) is 0 Å². The van der Waals surface area contributed by atoms with Gasteiger partial charge in [-0.25, -0.2) is 0 Å². The largest absolute Gasteiger partial charge is 0.459 e. The lowest BCUT2D eigenvalue weighted by Gasteiger charge is -2.22. The van der Waals surface area contributed by atoms with E-state index in [4.69, 9.17) is 16.6 Å². The lowest BCUT2D eigenvalue weighted by atomic mass is 9.97. The second-order valence-corrected chi connectivity index (χ2v) is 5.36. The van der Waals surface area contributed by atoms with Gasteiger partial charge in [0.2, 0.25) is 0 Å². The fourth-order valence-corrected chi connectivity index (χ4v) is 2.65. The molecule has 1 aliphatic carbocycles. The number of furan rings is 1. The number of hydrogen-bond donors (Lipinski definition) is 2. The van der Waals surface area contributed by atoms with Gasteiger partial charge >= 0.3 is 0 Å². The van der Waals surface area contributed by atoms with Crippen LogP contribution in [-0.4, -0.2) is 17.1 Å². The van der Waals surface area contributed by atoms with Gasteiger partial charge in [-0.15, -0.1) is 0 Å². The van der Waals surface area contributed by atoms with Gasteiger partial charge in [0, 0.05) is 6.04 Å². The standard InChI is InChI=1S/C14H20N2O2S/c17-13(12-9-6-10-18-12)16-14(19)15-11-7-4-2-1-3-5-8-11/h6,9-11H,1-5,7-8H2,(H2,15,16,17,19). The number of amides is 1. The van der Waals surface area contributed by atoms with E-state index in [0.717, 1.165) is 12.8 Å². The van der Waals surface area contributed by atoms with Crippen molar-refractivity contribution in [2.45, 2.75) is 51.0 Å². The second-order valence-electron chi connectivity index (χ2n) is 4.95. The van der Waals surface area contributed by atoms with E-state index >= 15 is 0 Å². The zero-order chi connectivity index (χ0) is 13.5. The van der Waals surface area contributed by atoms with Crippen molar-refractivity contribution >= 4 is 23.2 Å². The molecule has 1 aromatic heterocycles. The van der Waals surface area contributed by atoms with E-state index in [9.17, 15) is 4.79 Å². The third-order valence-electron chi connectivity index (χ3n) is 3.41. The normalized spacial score (nSPS) is 17.3. The van der Waals surface area contributed by atoms with Gasteiger partial charge in [0.05, 0.1) is 6.26 Å². The van der Waals surface area contributed by atoms with E-state index in [1.165, 1.54) is 38.4 Å². The fourth-order valence-electron chi connectivity index (χ4n) is 2.39. The van der Waals surface area contributed by atoms with Gasteiger partial charge in [0.1, 0.15) is 0 Å². The van der Waals surface area contributed by atoms with Gasteiger partial charge < -0.3 is 9.73 Å². The van der Waals surface area contributed by atoms with E-state index < -0.39 is 0 Å². The molecular formula is C14H20N2O2S. The molecule has 2 rings (SSSR count).